The van der Waals surface area contributed by atoms with Gasteiger partial charge < -0.3 is 0 Å². The zero-order valence-corrected chi connectivity index (χ0v) is 12.4. The Bertz CT molecular complexity index is 598. The molecule has 0 spiro atoms. The first-order valence-corrected chi connectivity index (χ1v) is 7.41. The van der Waals surface area contributed by atoms with E-state index in [1.54, 1.807) is 24.3 Å². The molecule has 0 saturated heterocycles. The van der Waals surface area contributed by atoms with Crippen LogP contribution in [0.15, 0.2) is 24.3 Å². The van der Waals surface area contributed by atoms with Gasteiger partial charge in [-0.2, -0.15) is 0 Å². The maximum absolute atomic E-state index is 12.5. The third kappa shape index (κ3) is 2.19. The van der Waals surface area contributed by atoms with Gasteiger partial charge in [0, 0.05) is 17.9 Å². The van der Waals surface area contributed by atoms with E-state index in [4.69, 9.17) is 0 Å². The fraction of sp³-hybridized carbons (Fsp3) is 0.471. The molecule has 1 aliphatic heterocycles. The number of hydrogen-bond donors (Lipinski definition) is 0. The summed E-state index contributed by atoms with van der Waals surface area (Å²) >= 11 is 0. The molecule has 0 N–H and O–H groups in total. The number of Topliss-reactive ketones (excluding diaryl/α,β-unsaturated/α-hetero) is 1. The maximum Gasteiger partial charge on any atom is 0.261 e. The minimum absolute atomic E-state index is 0.172. The van der Waals surface area contributed by atoms with Gasteiger partial charge in [0.05, 0.1) is 11.1 Å². The molecule has 2 amide bonds. The summed E-state index contributed by atoms with van der Waals surface area (Å²) in [6.45, 7) is 4.11. The summed E-state index contributed by atoms with van der Waals surface area (Å²) < 4.78 is 0. The molecule has 3 rings (SSSR count). The standard InChI is InChI=1S/C17H19NO3/c1-17(2)9-5-6-11(14(17)19)10-18-15(20)12-7-3-4-8-13(12)16(18)21/h3-4,7-8,11H,5-6,9-10H2,1-2H3. The van der Waals surface area contributed by atoms with E-state index in [2.05, 4.69) is 0 Å². The lowest BCUT2D eigenvalue weighted by molar-refractivity contribution is -0.134. The number of amides is 2. The molecular formula is C17H19NO3. The van der Waals surface area contributed by atoms with Crippen LogP contribution < -0.4 is 0 Å². The minimum atomic E-state index is -0.346. The summed E-state index contributed by atoms with van der Waals surface area (Å²) in [5.74, 6) is -0.597. The monoisotopic (exact) mass is 285 g/mol. The van der Waals surface area contributed by atoms with Gasteiger partial charge in [-0.25, -0.2) is 0 Å². The second-order valence-electron chi connectivity index (χ2n) is 6.60. The van der Waals surface area contributed by atoms with Crippen molar-refractivity contribution in [3.63, 3.8) is 0 Å². The predicted molar refractivity (Wildman–Crippen MR) is 77.9 cm³/mol. The van der Waals surface area contributed by atoms with E-state index in [1.165, 1.54) is 4.90 Å². The molecular weight excluding hydrogens is 266 g/mol. The average molecular weight is 285 g/mol. The van der Waals surface area contributed by atoms with Crippen LogP contribution >= 0.6 is 0 Å². The lowest BCUT2D eigenvalue weighted by Crippen LogP contribution is -2.43. The number of carbonyl (C=O) groups excluding carboxylic acids is 3. The second-order valence-corrected chi connectivity index (χ2v) is 6.60. The molecule has 1 atom stereocenters. The topological polar surface area (TPSA) is 54.5 Å². The maximum atomic E-state index is 12.5. The molecule has 0 radical (unpaired) electrons. The van der Waals surface area contributed by atoms with Crippen molar-refractivity contribution < 1.29 is 14.4 Å². The van der Waals surface area contributed by atoms with Crippen molar-refractivity contribution in [2.24, 2.45) is 11.3 Å². The fourth-order valence-corrected chi connectivity index (χ4v) is 3.40. The van der Waals surface area contributed by atoms with E-state index in [-0.39, 0.29) is 35.5 Å². The Morgan fingerprint density at radius 2 is 1.67 bits per heavy atom. The average Bonchev–Trinajstić information content (AvgIpc) is 2.69. The Morgan fingerprint density at radius 3 is 2.24 bits per heavy atom. The third-order valence-electron chi connectivity index (χ3n) is 4.67. The van der Waals surface area contributed by atoms with Crippen molar-refractivity contribution in [2.75, 3.05) is 6.54 Å². The molecule has 1 unspecified atom stereocenters. The molecule has 1 aromatic carbocycles. The zero-order chi connectivity index (χ0) is 15.2. The van der Waals surface area contributed by atoms with Crippen LogP contribution in [0.1, 0.15) is 53.8 Å². The van der Waals surface area contributed by atoms with Gasteiger partial charge >= 0.3 is 0 Å². The van der Waals surface area contributed by atoms with E-state index in [9.17, 15) is 14.4 Å². The number of hydrogen-bond acceptors (Lipinski definition) is 3. The van der Waals surface area contributed by atoms with Crippen LogP contribution in [-0.2, 0) is 4.79 Å². The molecule has 1 saturated carbocycles. The first-order valence-electron chi connectivity index (χ1n) is 7.41. The lowest BCUT2D eigenvalue weighted by Gasteiger charge is -2.34. The van der Waals surface area contributed by atoms with Crippen molar-refractivity contribution in [3.05, 3.63) is 35.4 Å². The van der Waals surface area contributed by atoms with Crippen LogP contribution in [0, 0.1) is 11.3 Å². The Labute approximate surface area is 124 Å². The number of benzene rings is 1. The highest BCUT2D eigenvalue weighted by atomic mass is 16.2. The molecule has 1 aromatic rings. The quantitative estimate of drug-likeness (QED) is 0.785. The predicted octanol–water partition coefficient (Wildman–Crippen LogP) is 2.68. The molecule has 2 aliphatic rings. The molecule has 0 aromatic heterocycles. The molecule has 4 heteroatoms. The summed E-state index contributed by atoms with van der Waals surface area (Å²) in [5, 5.41) is 0. The first-order chi connectivity index (χ1) is 9.92. The van der Waals surface area contributed by atoms with Gasteiger partial charge in [-0.05, 0) is 25.0 Å². The van der Waals surface area contributed by atoms with Crippen molar-refractivity contribution >= 4 is 17.6 Å². The van der Waals surface area contributed by atoms with Crippen LogP contribution in [0.25, 0.3) is 0 Å². The Balaban J connectivity index is 1.82. The smallest absolute Gasteiger partial charge is 0.261 e. The number of rotatable bonds is 2. The normalized spacial score (nSPS) is 24.4. The van der Waals surface area contributed by atoms with E-state index in [0.29, 0.717) is 11.1 Å². The first kappa shape index (κ1) is 14.0. The highest BCUT2D eigenvalue weighted by molar-refractivity contribution is 6.21. The third-order valence-corrected chi connectivity index (χ3v) is 4.67. The number of imide groups is 1. The lowest BCUT2D eigenvalue weighted by atomic mass is 9.71. The molecule has 0 bridgehead atoms. The number of ketones is 1. The van der Waals surface area contributed by atoms with Crippen LogP contribution in [0.2, 0.25) is 0 Å². The van der Waals surface area contributed by atoms with Gasteiger partial charge in [0.25, 0.3) is 11.8 Å². The fourth-order valence-electron chi connectivity index (χ4n) is 3.40. The number of fused-ring (bicyclic) bond motifs is 1. The highest BCUT2D eigenvalue weighted by Crippen LogP contribution is 2.36. The van der Waals surface area contributed by atoms with Gasteiger partial charge in [0.1, 0.15) is 5.78 Å². The molecule has 4 nitrogen and oxygen atoms in total. The minimum Gasteiger partial charge on any atom is -0.299 e. The summed E-state index contributed by atoms with van der Waals surface area (Å²) in [4.78, 5) is 38.4. The van der Waals surface area contributed by atoms with Crippen LogP contribution in [0.4, 0.5) is 0 Å². The van der Waals surface area contributed by atoms with Crippen LogP contribution in [0.3, 0.4) is 0 Å². The summed E-state index contributed by atoms with van der Waals surface area (Å²) in [5.41, 5.74) is 0.553. The van der Waals surface area contributed by atoms with Crippen LogP contribution in [-0.4, -0.2) is 29.0 Å². The summed E-state index contributed by atoms with van der Waals surface area (Å²) in [6, 6.07) is 6.84. The molecule has 1 heterocycles. The van der Waals surface area contributed by atoms with Gasteiger partial charge in [0.2, 0.25) is 0 Å². The Morgan fingerprint density at radius 1 is 1.10 bits per heavy atom. The van der Waals surface area contributed by atoms with E-state index in [1.807, 2.05) is 13.8 Å². The van der Waals surface area contributed by atoms with Gasteiger partial charge in [-0.15, -0.1) is 0 Å². The van der Waals surface area contributed by atoms with Crippen molar-refractivity contribution in [1.29, 1.82) is 0 Å². The summed E-state index contributed by atoms with van der Waals surface area (Å²) in [6.07, 6.45) is 2.60. The zero-order valence-electron chi connectivity index (χ0n) is 12.4. The second kappa shape index (κ2) is 4.79. The van der Waals surface area contributed by atoms with Crippen molar-refractivity contribution in [2.45, 2.75) is 33.1 Å². The molecule has 1 aliphatic carbocycles. The SMILES string of the molecule is CC1(C)CCCC(CN2C(=O)c3ccccc3C2=O)C1=O. The van der Waals surface area contributed by atoms with Crippen LogP contribution in [0.5, 0.6) is 0 Å². The van der Waals surface area contributed by atoms with E-state index < -0.39 is 0 Å². The summed E-state index contributed by atoms with van der Waals surface area (Å²) in [7, 11) is 0. The van der Waals surface area contributed by atoms with E-state index in [0.717, 1.165) is 19.3 Å². The van der Waals surface area contributed by atoms with Gasteiger partial charge in [0.15, 0.2) is 0 Å². The Hall–Kier alpha value is -1.97. The number of nitrogens with zero attached hydrogens (tertiary/aromatic N) is 1. The van der Waals surface area contributed by atoms with Crippen molar-refractivity contribution in [1.82, 2.24) is 4.90 Å². The van der Waals surface area contributed by atoms with Gasteiger partial charge in [-0.1, -0.05) is 32.4 Å². The largest absolute Gasteiger partial charge is 0.299 e. The number of carbonyl (C=O) groups is 3. The molecule has 110 valence electrons. The Kier molecular flexibility index (Phi) is 3.19. The molecule has 1 fully saturated rings. The van der Waals surface area contributed by atoms with Crippen molar-refractivity contribution in [3.8, 4) is 0 Å². The highest BCUT2D eigenvalue weighted by Gasteiger charge is 2.42. The van der Waals surface area contributed by atoms with Gasteiger partial charge in [-0.3, -0.25) is 19.3 Å². The molecule has 21 heavy (non-hydrogen) atoms. The van der Waals surface area contributed by atoms with E-state index >= 15 is 0 Å².